The first-order chi connectivity index (χ1) is 11.3. The zero-order valence-electron chi connectivity index (χ0n) is 13.2. The third kappa shape index (κ3) is 2.34. The standard InChI is InChI=1S/C18H22N4O/c23-18(19-16-10-22-7-5-12(16)6-8-22)17-14-9-13(11-1-2-11)3-4-15(14)20-21-17/h3-4,9,11-12,16H,1-2,5-8,10H2,(H,19,23)(H,20,21). The Labute approximate surface area is 135 Å². The fourth-order valence-corrected chi connectivity index (χ4v) is 4.24. The van der Waals surface area contributed by atoms with Crippen molar-refractivity contribution in [2.45, 2.75) is 37.6 Å². The summed E-state index contributed by atoms with van der Waals surface area (Å²) in [5.74, 6) is 1.30. The molecule has 5 heteroatoms. The van der Waals surface area contributed by atoms with Crippen molar-refractivity contribution in [3.63, 3.8) is 0 Å². The van der Waals surface area contributed by atoms with Gasteiger partial charge in [0.15, 0.2) is 5.69 Å². The fraction of sp³-hybridized carbons (Fsp3) is 0.556. The van der Waals surface area contributed by atoms with E-state index in [0.29, 0.717) is 17.5 Å². The maximum absolute atomic E-state index is 12.7. The van der Waals surface area contributed by atoms with E-state index in [2.05, 4.69) is 38.6 Å². The average molecular weight is 310 g/mol. The molecule has 1 aromatic carbocycles. The molecule has 1 aliphatic carbocycles. The van der Waals surface area contributed by atoms with Crippen LogP contribution in [0.25, 0.3) is 10.9 Å². The molecule has 2 bridgehead atoms. The van der Waals surface area contributed by atoms with Gasteiger partial charge in [0, 0.05) is 18.0 Å². The monoisotopic (exact) mass is 310 g/mol. The number of benzene rings is 1. The Morgan fingerprint density at radius 2 is 2.04 bits per heavy atom. The van der Waals surface area contributed by atoms with E-state index in [1.807, 2.05) is 0 Å². The van der Waals surface area contributed by atoms with Crippen LogP contribution in [-0.2, 0) is 0 Å². The number of rotatable bonds is 3. The molecule has 1 saturated carbocycles. The van der Waals surface area contributed by atoms with Crippen LogP contribution < -0.4 is 5.32 Å². The SMILES string of the molecule is O=C(NC1CN2CCC1CC2)c1n[nH]c2ccc(C3CC3)cc12. The molecule has 0 spiro atoms. The Kier molecular flexibility index (Phi) is 2.98. The molecular weight excluding hydrogens is 288 g/mol. The predicted octanol–water partition coefficient (Wildman–Crippen LogP) is 2.26. The van der Waals surface area contributed by atoms with E-state index in [0.717, 1.165) is 17.4 Å². The molecule has 3 saturated heterocycles. The molecule has 2 aromatic rings. The van der Waals surface area contributed by atoms with Crippen LogP contribution in [0.4, 0.5) is 0 Å². The number of carbonyl (C=O) groups excluding carboxylic acids is 1. The average Bonchev–Trinajstić information content (AvgIpc) is 3.35. The number of piperidine rings is 3. The molecule has 3 aliphatic heterocycles. The molecule has 1 aromatic heterocycles. The summed E-state index contributed by atoms with van der Waals surface area (Å²) < 4.78 is 0. The number of hydrogen-bond donors (Lipinski definition) is 2. The van der Waals surface area contributed by atoms with E-state index < -0.39 is 0 Å². The van der Waals surface area contributed by atoms with Gasteiger partial charge in [-0.2, -0.15) is 5.10 Å². The Morgan fingerprint density at radius 1 is 1.22 bits per heavy atom. The van der Waals surface area contributed by atoms with Crippen LogP contribution in [0.3, 0.4) is 0 Å². The van der Waals surface area contributed by atoms with Crippen LogP contribution >= 0.6 is 0 Å². The first kappa shape index (κ1) is 13.5. The number of H-pyrrole nitrogens is 1. The number of fused-ring (bicyclic) bond motifs is 4. The lowest BCUT2D eigenvalue weighted by atomic mass is 9.84. The number of nitrogens with zero attached hydrogens (tertiary/aromatic N) is 2. The summed E-state index contributed by atoms with van der Waals surface area (Å²) in [6.45, 7) is 3.37. The van der Waals surface area contributed by atoms with Gasteiger partial charge in [-0.1, -0.05) is 6.07 Å². The number of aromatic nitrogens is 2. The Balaban J connectivity index is 1.41. The van der Waals surface area contributed by atoms with Gasteiger partial charge in [-0.3, -0.25) is 9.89 Å². The molecule has 4 fully saturated rings. The van der Waals surface area contributed by atoms with Crippen molar-refractivity contribution >= 4 is 16.8 Å². The summed E-state index contributed by atoms with van der Waals surface area (Å²) in [6, 6.07) is 6.65. The third-order valence-electron chi connectivity index (χ3n) is 5.82. The summed E-state index contributed by atoms with van der Waals surface area (Å²) in [6.07, 6.45) is 4.95. The van der Waals surface area contributed by atoms with Crippen LogP contribution in [0.5, 0.6) is 0 Å². The zero-order valence-corrected chi connectivity index (χ0v) is 13.2. The number of nitrogens with one attached hydrogen (secondary N) is 2. The van der Waals surface area contributed by atoms with Crippen LogP contribution in [0.15, 0.2) is 18.2 Å². The highest BCUT2D eigenvalue weighted by molar-refractivity contribution is 6.05. The molecule has 5 nitrogen and oxygen atoms in total. The second-order valence-electron chi connectivity index (χ2n) is 7.37. The fourth-order valence-electron chi connectivity index (χ4n) is 4.24. The molecule has 23 heavy (non-hydrogen) atoms. The second-order valence-corrected chi connectivity index (χ2v) is 7.37. The van der Waals surface area contributed by atoms with Gasteiger partial charge in [0.05, 0.1) is 5.52 Å². The molecular formula is C18H22N4O. The van der Waals surface area contributed by atoms with Crippen molar-refractivity contribution in [3.8, 4) is 0 Å². The molecule has 1 amide bonds. The number of carbonyl (C=O) groups is 1. The molecule has 4 aliphatic rings. The van der Waals surface area contributed by atoms with Crippen molar-refractivity contribution in [1.82, 2.24) is 20.4 Å². The summed E-state index contributed by atoms with van der Waals surface area (Å²) >= 11 is 0. The Hall–Kier alpha value is -1.88. The first-order valence-corrected chi connectivity index (χ1v) is 8.79. The predicted molar refractivity (Wildman–Crippen MR) is 88.5 cm³/mol. The lowest BCUT2D eigenvalue weighted by Gasteiger charge is -2.44. The van der Waals surface area contributed by atoms with Crippen LogP contribution in [0, 0.1) is 5.92 Å². The van der Waals surface area contributed by atoms with Gasteiger partial charge in [-0.15, -0.1) is 0 Å². The molecule has 1 unspecified atom stereocenters. The second kappa shape index (κ2) is 5.06. The lowest BCUT2D eigenvalue weighted by Crippen LogP contribution is -2.57. The van der Waals surface area contributed by atoms with Crippen molar-refractivity contribution in [1.29, 1.82) is 0 Å². The molecule has 0 radical (unpaired) electrons. The zero-order chi connectivity index (χ0) is 15.4. The van der Waals surface area contributed by atoms with E-state index in [4.69, 9.17) is 0 Å². The number of amides is 1. The Bertz CT molecular complexity index is 755. The van der Waals surface area contributed by atoms with Crippen molar-refractivity contribution in [2.75, 3.05) is 19.6 Å². The van der Waals surface area contributed by atoms with Gasteiger partial charge < -0.3 is 10.2 Å². The van der Waals surface area contributed by atoms with Gasteiger partial charge in [0.1, 0.15) is 0 Å². The molecule has 1 atom stereocenters. The van der Waals surface area contributed by atoms with Crippen LogP contribution in [-0.4, -0.2) is 46.7 Å². The maximum Gasteiger partial charge on any atom is 0.272 e. The van der Waals surface area contributed by atoms with E-state index in [-0.39, 0.29) is 11.9 Å². The van der Waals surface area contributed by atoms with Gasteiger partial charge in [0.2, 0.25) is 0 Å². The highest BCUT2D eigenvalue weighted by Gasteiger charge is 2.35. The van der Waals surface area contributed by atoms with Crippen molar-refractivity contribution < 1.29 is 4.79 Å². The van der Waals surface area contributed by atoms with Gasteiger partial charge >= 0.3 is 0 Å². The summed E-state index contributed by atoms with van der Waals surface area (Å²) in [7, 11) is 0. The highest BCUT2D eigenvalue weighted by atomic mass is 16.2. The van der Waals surface area contributed by atoms with E-state index >= 15 is 0 Å². The van der Waals surface area contributed by atoms with Crippen LogP contribution in [0.2, 0.25) is 0 Å². The summed E-state index contributed by atoms with van der Waals surface area (Å²) in [4.78, 5) is 15.2. The lowest BCUT2D eigenvalue weighted by molar-refractivity contribution is 0.0618. The topological polar surface area (TPSA) is 61.0 Å². The minimum absolute atomic E-state index is 0.0250. The van der Waals surface area contributed by atoms with Gasteiger partial charge in [-0.25, -0.2) is 0 Å². The summed E-state index contributed by atoms with van der Waals surface area (Å²) in [5, 5.41) is 11.5. The first-order valence-electron chi connectivity index (χ1n) is 8.79. The van der Waals surface area contributed by atoms with E-state index in [1.54, 1.807) is 0 Å². The molecule has 120 valence electrons. The molecule has 2 N–H and O–H groups in total. The maximum atomic E-state index is 12.7. The Morgan fingerprint density at radius 3 is 2.74 bits per heavy atom. The van der Waals surface area contributed by atoms with Crippen molar-refractivity contribution in [3.05, 3.63) is 29.5 Å². The largest absolute Gasteiger partial charge is 0.346 e. The minimum Gasteiger partial charge on any atom is -0.346 e. The quantitative estimate of drug-likeness (QED) is 0.914. The normalized spacial score (nSPS) is 29.8. The van der Waals surface area contributed by atoms with E-state index in [9.17, 15) is 4.79 Å². The van der Waals surface area contributed by atoms with E-state index in [1.165, 1.54) is 44.3 Å². The molecule has 4 heterocycles. The van der Waals surface area contributed by atoms with Crippen LogP contribution in [0.1, 0.15) is 47.7 Å². The van der Waals surface area contributed by atoms with Gasteiger partial charge in [0.25, 0.3) is 5.91 Å². The number of aromatic amines is 1. The van der Waals surface area contributed by atoms with Gasteiger partial charge in [-0.05, 0) is 68.3 Å². The third-order valence-corrected chi connectivity index (χ3v) is 5.82. The molecule has 6 rings (SSSR count). The highest BCUT2D eigenvalue weighted by Crippen LogP contribution is 2.41. The summed E-state index contributed by atoms with van der Waals surface area (Å²) in [5.41, 5.74) is 2.85. The smallest absolute Gasteiger partial charge is 0.272 e. The van der Waals surface area contributed by atoms with Crippen molar-refractivity contribution in [2.24, 2.45) is 5.92 Å². The number of hydrogen-bond acceptors (Lipinski definition) is 3. The minimum atomic E-state index is -0.0250.